The van der Waals surface area contributed by atoms with Crippen molar-refractivity contribution in [2.45, 2.75) is 0 Å². The van der Waals surface area contributed by atoms with E-state index in [9.17, 15) is 21.6 Å². The van der Waals surface area contributed by atoms with Crippen LogP contribution in [0.15, 0.2) is 0 Å². The van der Waals surface area contributed by atoms with E-state index in [4.69, 9.17) is 5.11 Å². The lowest BCUT2D eigenvalue weighted by molar-refractivity contribution is -0.143. The molecule has 0 aliphatic carbocycles. The summed E-state index contributed by atoms with van der Waals surface area (Å²) in [5.74, 6) is -2.58. The van der Waals surface area contributed by atoms with Gasteiger partial charge in [0.1, 0.15) is 9.84 Å². The third-order valence-corrected chi connectivity index (χ3v) is 3.42. The Balaban J connectivity index is 4.04. The fourth-order valence-corrected chi connectivity index (χ4v) is 2.89. The summed E-state index contributed by atoms with van der Waals surface area (Å²) >= 11 is 0. The maximum Gasteiger partial charge on any atom is 0.331 e. The number of carboxylic acid groups (broad SMARTS) is 1. The maximum absolute atomic E-state index is 11.0. The zero-order chi connectivity index (χ0) is 12.1. The van der Waals surface area contributed by atoms with Crippen LogP contribution in [0, 0.1) is 0 Å². The average Bonchev–Trinajstić information content (AvgIpc) is 1.99. The van der Waals surface area contributed by atoms with Crippen LogP contribution in [0.5, 0.6) is 0 Å². The Morgan fingerprint density at radius 1 is 1.27 bits per heavy atom. The van der Waals surface area contributed by atoms with E-state index in [2.05, 4.69) is 4.84 Å². The zero-order valence-electron chi connectivity index (χ0n) is 7.83. The molecule has 90 valence electrons. The Hall–Kier alpha value is -0.710. The molecule has 0 amide bonds. The molecule has 2 N–H and O–H groups in total. The highest BCUT2D eigenvalue weighted by Gasteiger charge is 2.14. The van der Waals surface area contributed by atoms with Gasteiger partial charge in [-0.2, -0.15) is 0 Å². The van der Waals surface area contributed by atoms with Gasteiger partial charge in [0.05, 0.1) is 11.5 Å². The van der Waals surface area contributed by atoms with Gasteiger partial charge >= 0.3 is 5.97 Å². The molecule has 0 aromatic heterocycles. The van der Waals surface area contributed by atoms with Crippen molar-refractivity contribution in [3.63, 3.8) is 0 Å². The molecule has 0 unspecified atom stereocenters. The van der Waals surface area contributed by atoms with Crippen LogP contribution in [-0.4, -0.2) is 52.3 Å². The summed E-state index contributed by atoms with van der Waals surface area (Å²) in [5, 5.41) is 8.11. The summed E-state index contributed by atoms with van der Waals surface area (Å²) in [7, 11) is -7.31. The lowest BCUT2D eigenvalue weighted by Gasteiger charge is -2.04. The second kappa shape index (κ2) is 5.39. The summed E-state index contributed by atoms with van der Waals surface area (Å²) in [6, 6.07) is 0. The highest BCUT2D eigenvalue weighted by atomic mass is 32.2. The van der Waals surface area contributed by atoms with Gasteiger partial charge in [-0.15, -0.1) is 0 Å². The fourth-order valence-electron chi connectivity index (χ4n) is 0.484. The van der Waals surface area contributed by atoms with Crippen LogP contribution in [0.25, 0.3) is 0 Å². The average molecular weight is 261 g/mol. The van der Waals surface area contributed by atoms with Gasteiger partial charge in [-0.05, 0) is 0 Å². The SMILES string of the molecule is CS(=O)(=O)CCS(=O)(=O)NOCC(=O)O. The standard InChI is InChI=1S/C5H11NO7S2/c1-14(9,10)2-3-15(11,12)6-13-4-5(7)8/h6H,2-4H2,1H3,(H,7,8). The zero-order valence-corrected chi connectivity index (χ0v) is 9.47. The molecule has 0 atom stereocenters. The third-order valence-electron chi connectivity index (χ3n) is 1.10. The van der Waals surface area contributed by atoms with Crippen molar-refractivity contribution < 1.29 is 31.6 Å². The molecule has 8 nitrogen and oxygen atoms in total. The largest absolute Gasteiger partial charge is 0.479 e. The Bertz CT molecular complexity index is 409. The molecule has 0 heterocycles. The molecule has 0 fully saturated rings. The van der Waals surface area contributed by atoms with Crippen LogP contribution < -0.4 is 4.89 Å². The summed E-state index contributed by atoms with van der Waals surface area (Å²) in [6.45, 7) is -0.835. The Morgan fingerprint density at radius 2 is 1.80 bits per heavy atom. The van der Waals surface area contributed by atoms with Crippen molar-refractivity contribution in [2.75, 3.05) is 24.4 Å². The van der Waals surface area contributed by atoms with Crippen LogP contribution in [0.3, 0.4) is 0 Å². The third kappa shape index (κ3) is 9.59. The number of nitrogens with one attached hydrogen (secondary N) is 1. The van der Waals surface area contributed by atoms with Crippen LogP contribution in [0.2, 0.25) is 0 Å². The summed E-state index contributed by atoms with van der Waals surface area (Å²) in [5.41, 5.74) is 0. The summed E-state index contributed by atoms with van der Waals surface area (Å²) in [6.07, 6.45) is 0.890. The molecule has 10 heteroatoms. The second-order valence-corrected chi connectivity index (χ2v) is 6.78. The summed E-state index contributed by atoms with van der Waals surface area (Å²) < 4.78 is 43.2. The number of sulfone groups is 1. The highest BCUT2D eigenvalue weighted by Crippen LogP contribution is 1.89. The lowest BCUT2D eigenvalue weighted by atomic mass is 10.8. The van der Waals surface area contributed by atoms with Crippen LogP contribution in [-0.2, 0) is 29.5 Å². The van der Waals surface area contributed by atoms with E-state index in [0.29, 0.717) is 0 Å². The van der Waals surface area contributed by atoms with Crippen molar-refractivity contribution in [2.24, 2.45) is 0 Å². The van der Waals surface area contributed by atoms with Gasteiger partial charge in [0.25, 0.3) is 0 Å². The van der Waals surface area contributed by atoms with Crippen molar-refractivity contribution in [1.29, 1.82) is 0 Å². The molecule has 0 rings (SSSR count). The molecule has 15 heavy (non-hydrogen) atoms. The number of rotatable bonds is 7. The van der Waals surface area contributed by atoms with Gasteiger partial charge in [0.2, 0.25) is 10.0 Å². The Morgan fingerprint density at radius 3 is 2.20 bits per heavy atom. The first-order valence-electron chi connectivity index (χ1n) is 3.63. The minimum atomic E-state index is -3.93. The minimum Gasteiger partial charge on any atom is -0.479 e. The molecule has 0 spiro atoms. The predicted octanol–water partition coefficient (Wildman–Crippen LogP) is -2.03. The van der Waals surface area contributed by atoms with Gasteiger partial charge in [-0.25, -0.2) is 21.6 Å². The molecule has 0 saturated heterocycles. The van der Waals surface area contributed by atoms with E-state index in [0.717, 1.165) is 6.26 Å². The van der Waals surface area contributed by atoms with E-state index in [1.165, 1.54) is 4.89 Å². The normalized spacial score (nSPS) is 12.6. The quantitative estimate of drug-likeness (QED) is 0.506. The van der Waals surface area contributed by atoms with E-state index < -0.39 is 43.9 Å². The fraction of sp³-hybridized carbons (Fsp3) is 0.800. The second-order valence-electron chi connectivity index (χ2n) is 2.71. The predicted molar refractivity (Wildman–Crippen MR) is 50.2 cm³/mol. The smallest absolute Gasteiger partial charge is 0.331 e. The number of hydrogen-bond acceptors (Lipinski definition) is 6. The molecule has 0 aliphatic heterocycles. The van der Waals surface area contributed by atoms with Crippen molar-refractivity contribution in [1.82, 2.24) is 4.89 Å². The maximum atomic E-state index is 11.0. The van der Waals surface area contributed by atoms with Crippen molar-refractivity contribution in [3.8, 4) is 0 Å². The van der Waals surface area contributed by atoms with E-state index in [1.807, 2.05) is 0 Å². The molecule has 0 saturated carbocycles. The van der Waals surface area contributed by atoms with E-state index in [1.54, 1.807) is 0 Å². The van der Waals surface area contributed by atoms with Crippen LogP contribution >= 0.6 is 0 Å². The number of aliphatic carboxylic acids is 1. The summed E-state index contributed by atoms with van der Waals surface area (Å²) in [4.78, 5) is 15.5. The molecule has 0 radical (unpaired) electrons. The van der Waals surface area contributed by atoms with E-state index >= 15 is 0 Å². The van der Waals surface area contributed by atoms with Crippen molar-refractivity contribution in [3.05, 3.63) is 0 Å². The first-order chi connectivity index (χ1) is 6.62. The number of carboxylic acids is 1. The van der Waals surface area contributed by atoms with Gasteiger partial charge in [0, 0.05) is 6.26 Å². The minimum absolute atomic E-state index is 0.557. The molecule has 0 bridgehead atoms. The first-order valence-corrected chi connectivity index (χ1v) is 7.34. The first kappa shape index (κ1) is 14.3. The topological polar surface area (TPSA) is 127 Å². The van der Waals surface area contributed by atoms with Crippen LogP contribution in [0.1, 0.15) is 0 Å². The molecular weight excluding hydrogens is 250 g/mol. The van der Waals surface area contributed by atoms with Crippen molar-refractivity contribution >= 4 is 25.8 Å². The van der Waals surface area contributed by atoms with Gasteiger partial charge in [0.15, 0.2) is 6.61 Å². The number of sulfonamides is 1. The Kier molecular flexibility index (Phi) is 5.14. The molecule has 0 aromatic rings. The van der Waals surface area contributed by atoms with Gasteiger partial charge in [-0.1, -0.05) is 4.89 Å². The number of carbonyl (C=O) groups is 1. The van der Waals surface area contributed by atoms with Gasteiger partial charge < -0.3 is 5.11 Å². The molecular formula is C5H11NO7S2. The lowest BCUT2D eigenvalue weighted by Crippen LogP contribution is -2.31. The van der Waals surface area contributed by atoms with Gasteiger partial charge in [-0.3, -0.25) is 4.84 Å². The van der Waals surface area contributed by atoms with Crippen LogP contribution in [0.4, 0.5) is 0 Å². The highest BCUT2D eigenvalue weighted by molar-refractivity contribution is 7.93. The number of hydrogen-bond donors (Lipinski definition) is 2. The monoisotopic (exact) mass is 261 g/mol. The Labute approximate surface area is 87.2 Å². The van der Waals surface area contributed by atoms with E-state index in [-0.39, 0.29) is 0 Å². The molecule has 0 aliphatic rings. The molecule has 0 aromatic carbocycles.